The number of nitro benzene ring substituents is 1. The number of hydrogen-bond acceptors (Lipinski definition) is 8. The highest BCUT2D eigenvalue weighted by Gasteiger charge is 2.32. The Morgan fingerprint density at radius 1 is 1.22 bits per heavy atom. The Morgan fingerprint density at radius 3 is 2.49 bits per heavy atom. The van der Waals surface area contributed by atoms with Gasteiger partial charge in [-0.25, -0.2) is 9.48 Å². The van der Waals surface area contributed by atoms with Crippen LogP contribution in [0, 0.1) is 10.1 Å². The lowest BCUT2D eigenvalue weighted by Crippen LogP contribution is -2.52. The zero-order chi connectivity index (χ0) is 27.3. The molecule has 0 radical (unpaired) electrons. The monoisotopic (exact) mass is 517 g/mol. The maximum absolute atomic E-state index is 13.5. The number of nitrogens with zero attached hydrogens (tertiary/aromatic N) is 3. The Kier molecular flexibility index (Phi) is 8.35. The number of benzene rings is 1. The molecule has 13 heteroatoms. The third-order valence-electron chi connectivity index (χ3n) is 5.60. The van der Waals surface area contributed by atoms with E-state index in [-0.39, 0.29) is 38.3 Å². The van der Waals surface area contributed by atoms with Gasteiger partial charge in [0.25, 0.3) is 11.2 Å². The number of nitro groups is 1. The van der Waals surface area contributed by atoms with Crippen LogP contribution in [0.5, 0.6) is 0 Å². The van der Waals surface area contributed by atoms with Crippen molar-refractivity contribution in [1.82, 2.24) is 20.0 Å². The van der Waals surface area contributed by atoms with E-state index in [1.54, 1.807) is 27.7 Å². The van der Waals surface area contributed by atoms with Crippen LogP contribution in [0.15, 0.2) is 29.1 Å². The molecule has 1 aromatic heterocycles. The number of non-ortho nitro benzene ring substituents is 1. The number of carbonyl (C=O) groups excluding carboxylic acids is 3. The average Bonchev–Trinajstić information content (AvgIpc) is 3.11. The first kappa shape index (κ1) is 27.4. The summed E-state index contributed by atoms with van der Waals surface area (Å²) in [6.45, 7) is 6.94. The van der Waals surface area contributed by atoms with Crippen molar-refractivity contribution >= 4 is 23.7 Å². The van der Waals surface area contributed by atoms with Gasteiger partial charge in [0.1, 0.15) is 18.2 Å². The van der Waals surface area contributed by atoms with E-state index in [0.29, 0.717) is 23.2 Å². The lowest BCUT2D eigenvalue weighted by atomic mass is 10.0. The number of aromatic nitrogens is 2. The molecule has 3 rings (SSSR count). The predicted molar refractivity (Wildman–Crippen MR) is 131 cm³/mol. The molecule has 0 fully saturated rings. The number of fused-ring (bicyclic) bond motifs is 1. The number of amides is 2. The number of H-pyrrole nitrogens is 1. The summed E-state index contributed by atoms with van der Waals surface area (Å²) in [4.78, 5) is 62.6. The fraction of sp³-hybridized carbons (Fsp3) is 0.500. The van der Waals surface area contributed by atoms with Gasteiger partial charge in [0.05, 0.1) is 23.6 Å². The van der Waals surface area contributed by atoms with Gasteiger partial charge >= 0.3 is 12.1 Å². The fourth-order valence-corrected chi connectivity index (χ4v) is 3.95. The second-order valence-corrected chi connectivity index (χ2v) is 9.60. The van der Waals surface area contributed by atoms with Gasteiger partial charge in [-0.1, -0.05) is 12.1 Å². The lowest BCUT2D eigenvalue weighted by molar-refractivity contribution is -0.384. The minimum absolute atomic E-state index is 0.00785. The normalized spacial score (nSPS) is 13.9. The molecule has 2 aromatic rings. The summed E-state index contributed by atoms with van der Waals surface area (Å²) in [6.07, 6.45) is -0.383. The van der Waals surface area contributed by atoms with Gasteiger partial charge < -0.3 is 19.7 Å². The average molecular weight is 518 g/mol. The first-order chi connectivity index (χ1) is 17.4. The molecule has 0 bridgehead atoms. The highest BCUT2D eigenvalue weighted by molar-refractivity contribution is 5.86. The number of alkyl carbamates (subject to hydrolysis) is 1. The second-order valence-electron chi connectivity index (χ2n) is 9.60. The summed E-state index contributed by atoms with van der Waals surface area (Å²) in [6, 6.07) is 4.64. The molecule has 2 N–H and O–H groups in total. The Bertz CT molecular complexity index is 1230. The van der Waals surface area contributed by atoms with Gasteiger partial charge in [0.2, 0.25) is 5.91 Å². The number of carbonyl (C=O) groups is 3. The van der Waals surface area contributed by atoms with Crippen molar-refractivity contribution in [3.63, 3.8) is 0 Å². The molecule has 0 aliphatic carbocycles. The van der Waals surface area contributed by atoms with E-state index in [9.17, 15) is 29.3 Å². The number of hydrogen-bond donors (Lipinski definition) is 2. The topological polar surface area (TPSA) is 166 Å². The fourth-order valence-electron chi connectivity index (χ4n) is 3.95. The van der Waals surface area contributed by atoms with Gasteiger partial charge in [0.15, 0.2) is 0 Å². The van der Waals surface area contributed by atoms with Crippen LogP contribution in [0.2, 0.25) is 0 Å². The molecule has 1 atom stereocenters. The van der Waals surface area contributed by atoms with E-state index in [0.717, 1.165) is 4.68 Å². The molecule has 13 nitrogen and oxygen atoms in total. The van der Waals surface area contributed by atoms with Crippen LogP contribution in [0.4, 0.5) is 10.5 Å². The standard InChI is InChI=1S/C24H31N5O8/c1-5-36-20(30)14-28-21(31)17-13-27(11-10-18(17)26-28)22(32)19(25-23(33)37-24(2,3)4)12-15-6-8-16(9-7-15)29(34)35/h6-9,19,26H,5,10-14H2,1-4H3,(H,25,33)/t19-/m0/s1. The lowest BCUT2D eigenvalue weighted by Gasteiger charge is -2.31. The third-order valence-corrected chi connectivity index (χ3v) is 5.60. The maximum atomic E-state index is 13.5. The van der Waals surface area contributed by atoms with E-state index >= 15 is 0 Å². The summed E-state index contributed by atoms with van der Waals surface area (Å²) in [5.74, 6) is -0.992. The SMILES string of the molecule is CCOC(=O)Cn1[nH]c2c(c1=O)CN(C(=O)[C@H](Cc1ccc([N+](=O)[O-])cc1)NC(=O)OC(C)(C)C)CC2. The molecule has 1 aromatic carbocycles. The van der Waals surface area contributed by atoms with E-state index in [4.69, 9.17) is 9.47 Å². The van der Waals surface area contributed by atoms with Crippen LogP contribution in [0.1, 0.15) is 44.5 Å². The Balaban J connectivity index is 1.80. The zero-order valence-corrected chi connectivity index (χ0v) is 21.2. The molecular weight excluding hydrogens is 486 g/mol. The first-order valence-corrected chi connectivity index (χ1v) is 11.9. The van der Waals surface area contributed by atoms with Crippen molar-refractivity contribution in [1.29, 1.82) is 0 Å². The molecule has 2 heterocycles. The summed E-state index contributed by atoms with van der Waals surface area (Å²) in [5.41, 5.74) is 0.270. The summed E-state index contributed by atoms with van der Waals surface area (Å²) < 4.78 is 11.4. The largest absolute Gasteiger partial charge is 0.465 e. The molecule has 0 spiro atoms. The zero-order valence-electron chi connectivity index (χ0n) is 21.2. The van der Waals surface area contributed by atoms with Crippen molar-refractivity contribution in [2.24, 2.45) is 0 Å². The van der Waals surface area contributed by atoms with E-state index < -0.39 is 40.1 Å². The second kappa shape index (κ2) is 11.3. The van der Waals surface area contributed by atoms with Gasteiger partial charge in [0, 0.05) is 37.2 Å². The first-order valence-electron chi connectivity index (χ1n) is 11.9. The van der Waals surface area contributed by atoms with Crippen molar-refractivity contribution in [3.8, 4) is 0 Å². The van der Waals surface area contributed by atoms with E-state index in [1.165, 1.54) is 29.2 Å². The van der Waals surface area contributed by atoms with Crippen LogP contribution in [0.25, 0.3) is 0 Å². The van der Waals surface area contributed by atoms with Crippen molar-refractivity contribution in [2.45, 2.75) is 65.3 Å². The number of ether oxygens (including phenoxy) is 2. The molecule has 0 saturated heterocycles. The summed E-state index contributed by atoms with van der Waals surface area (Å²) >= 11 is 0. The minimum atomic E-state index is -1.04. The van der Waals surface area contributed by atoms with Crippen molar-refractivity contribution < 1.29 is 28.8 Å². The highest BCUT2D eigenvalue weighted by atomic mass is 16.6. The van der Waals surface area contributed by atoms with E-state index in [2.05, 4.69) is 10.4 Å². The quantitative estimate of drug-likeness (QED) is 0.303. The molecule has 0 saturated carbocycles. The Morgan fingerprint density at radius 2 is 1.89 bits per heavy atom. The van der Waals surface area contributed by atoms with Crippen molar-refractivity contribution in [2.75, 3.05) is 13.2 Å². The Hall–Kier alpha value is -4.16. The molecule has 0 unspecified atom stereocenters. The molecule has 1 aliphatic rings. The van der Waals surface area contributed by atoms with Gasteiger partial charge in [-0.15, -0.1) is 0 Å². The molecular formula is C24H31N5O8. The molecule has 2 amide bonds. The van der Waals surface area contributed by atoms with Crippen molar-refractivity contribution in [3.05, 3.63) is 61.6 Å². The van der Waals surface area contributed by atoms with E-state index in [1.807, 2.05) is 0 Å². The number of rotatable bonds is 8. The number of esters is 1. The van der Waals surface area contributed by atoms with Crippen LogP contribution in [-0.4, -0.2) is 62.4 Å². The van der Waals surface area contributed by atoms with Crippen LogP contribution < -0.4 is 10.9 Å². The number of nitrogens with one attached hydrogen (secondary N) is 2. The minimum Gasteiger partial charge on any atom is -0.465 e. The van der Waals surface area contributed by atoms with Crippen LogP contribution in [0.3, 0.4) is 0 Å². The summed E-state index contributed by atoms with van der Waals surface area (Å²) in [7, 11) is 0. The maximum Gasteiger partial charge on any atom is 0.408 e. The van der Waals surface area contributed by atoms with Crippen LogP contribution >= 0.6 is 0 Å². The van der Waals surface area contributed by atoms with Gasteiger partial charge in [-0.05, 0) is 33.3 Å². The molecule has 200 valence electrons. The molecule has 37 heavy (non-hydrogen) atoms. The molecule has 1 aliphatic heterocycles. The predicted octanol–water partition coefficient (Wildman–Crippen LogP) is 1.67. The smallest absolute Gasteiger partial charge is 0.408 e. The van der Waals surface area contributed by atoms with Crippen LogP contribution in [-0.2, 0) is 45.0 Å². The van der Waals surface area contributed by atoms with Gasteiger partial charge in [-0.2, -0.15) is 0 Å². The summed E-state index contributed by atoms with van der Waals surface area (Å²) in [5, 5.41) is 16.5. The highest BCUT2D eigenvalue weighted by Crippen LogP contribution is 2.18. The third kappa shape index (κ3) is 7.18. The Labute approximate surface area is 212 Å². The number of aromatic amines is 1. The van der Waals surface area contributed by atoms with Gasteiger partial charge in [-0.3, -0.25) is 29.6 Å².